The molecule has 3 aromatic rings. The van der Waals surface area contributed by atoms with Crippen molar-refractivity contribution in [2.45, 2.75) is 18.4 Å². The van der Waals surface area contributed by atoms with Gasteiger partial charge in [-0.3, -0.25) is 14.3 Å². The molecule has 0 bridgehead atoms. The average Bonchev–Trinajstić information content (AvgIpc) is 2.66. The molecule has 8 heteroatoms. The Hall–Kier alpha value is -3.39. The maximum absolute atomic E-state index is 12.6. The van der Waals surface area contributed by atoms with Crippen LogP contribution in [0.3, 0.4) is 0 Å². The summed E-state index contributed by atoms with van der Waals surface area (Å²) in [6.45, 7) is 1.70. The summed E-state index contributed by atoms with van der Waals surface area (Å²) < 4.78 is 29.0. The summed E-state index contributed by atoms with van der Waals surface area (Å²) in [4.78, 5) is 23.7. The highest BCUT2D eigenvalue weighted by Gasteiger charge is 2.16. The van der Waals surface area contributed by atoms with Crippen molar-refractivity contribution < 1.29 is 13.2 Å². The van der Waals surface area contributed by atoms with Gasteiger partial charge in [0.1, 0.15) is 5.69 Å². The summed E-state index contributed by atoms with van der Waals surface area (Å²) in [6.07, 6.45) is 1.61. The molecular weight excluding hydrogens is 378 g/mol. The van der Waals surface area contributed by atoms with Crippen LogP contribution in [-0.4, -0.2) is 18.9 Å². The molecule has 0 unspecified atom stereocenters. The highest BCUT2D eigenvalue weighted by molar-refractivity contribution is 7.92. The number of hydrogen-bond donors (Lipinski definition) is 2. The Labute approximate surface area is 162 Å². The van der Waals surface area contributed by atoms with Crippen molar-refractivity contribution in [1.29, 1.82) is 0 Å². The van der Waals surface area contributed by atoms with Crippen LogP contribution in [-0.2, 0) is 21.4 Å². The van der Waals surface area contributed by atoms with E-state index in [0.29, 0.717) is 12.2 Å². The van der Waals surface area contributed by atoms with Gasteiger partial charge in [0.2, 0.25) is 5.91 Å². The van der Waals surface area contributed by atoms with E-state index >= 15 is 0 Å². The second-order valence-corrected chi connectivity index (χ2v) is 7.83. The van der Waals surface area contributed by atoms with Crippen LogP contribution >= 0.6 is 0 Å². The smallest absolute Gasteiger partial charge is 0.275 e. The van der Waals surface area contributed by atoms with E-state index in [1.807, 2.05) is 30.3 Å². The quantitative estimate of drug-likeness (QED) is 0.668. The predicted octanol–water partition coefficient (Wildman–Crippen LogP) is 2.66. The number of nitrogens with one attached hydrogen (secondary N) is 2. The first-order chi connectivity index (χ1) is 13.3. The number of pyridine rings is 1. The lowest BCUT2D eigenvalue weighted by Crippen LogP contribution is -2.26. The Bertz CT molecular complexity index is 1140. The Kier molecular flexibility index (Phi) is 5.60. The molecule has 0 saturated carbocycles. The molecule has 0 aliphatic carbocycles. The minimum atomic E-state index is -3.95. The van der Waals surface area contributed by atoms with E-state index in [1.54, 1.807) is 12.3 Å². The molecule has 1 aromatic heterocycles. The maximum Gasteiger partial charge on any atom is 0.275 e. The number of carbonyl (C=O) groups is 1. The summed E-state index contributed by atoms with van der Waals surface area (Å²) in [5.41, 5.74) is 0.934. The van der Waals surface area contributed by atoms with Crippen LogP contribution in [0.4, 0.5) is 11.4 Å². The van der Waals surface area contributed by atoms with Gasteiger partial charge in [0.05, 0.1) is 11.4 Å². The molecule has 2 N–H and O–H groups in total. The van der Waals surface area contributed by atoms with Crippen molar-refractivity contribution in [2.75, 3.05) is 10.0 Å². The van der Waals surface area contributed by atoms with Crippen LogP contribution in [0.2, 0.25) is 0 Å². The van der Waals surface area contributed by atoms with Gasteiger partial charge in [-0.25, -0.2) is 8.42 Å². The molecular formula is C20H19N3O4S. The van der Waals surface area contributed by atoms with Crippen molar-refractivity contribution in [3.05, 3.63) is 88.8 Å². The molecule has 144 valence electrons. The number of sulfonamides is 1. The molecule has 2 aromatic carbocycles. The van der Waals surface area contributed by atoms with E-state index in [0.717, 1.165) is 5.56 Å². The van der Waals surface area contributed by atoms with Crippen LogP contribution in [0.5, 0.6) is 0 Å². The van der Waals surface area contributed by atoms with Gasteiger partial charge >= 0.3 is 0 Å². The van der Waals surface area contributed by atoms with Crippen LogP contribution in [0, 0.1) is 0 Å². The van der Waals surface area contributed by atoms with Gasteiger partial charge in [-0.15, -0.1) is 0 Å². The SMILES string of the molecule is CC(=O)Nc1ccc(S(=O)(=O)Nc2cccn(Cc3ccccc3)c2=O)cc1. The maximum atomic E-state index is 12.6. The third-order valence-electron chi connectivity index (χ3n) is 3.95. The van der Waals surface area contributed by atoms with Crippen molar-refractivity contribution in [3.63, 3.8) is 0 Å². The minimum Gasteiger partial charge on any atom is -0.326 e. The van der Waals surface area contributed by atoms with Gasteiger partial charge in [-0.05, 0) is 42.0 Å². The fourth-order valence-corrected chi connectivity index (χ4v) is 3.70. The molecule has 0 spiro atoms. The van der Waals surface area contributed by atoms with E-state index in [4.69, 9.17) is 0 Å². The molecule has 0 atom stereocenters. The zero-order chi connectivity index (χ0) is 20.1. The molecule has 0 aliphatic rings. The predicted molar refractivity (Wildman–Crippen MR) is 108 cm³/mol. The highest BCUT2D eigenvalue weighted by atomic mass is 32.2. The molecule has 0 fully saturated rings. The van der Waals surface area contributed by atoms with Gasteiger partial charge < -0.3 is 9.88 Å². The van der Waals surface area contributed by atoms with Crippen molar-refractivity contribution in [3.8, 4) is 0 Å². The molecule has 3 rings (SSSR count). The van der Waals surface area contributed by atoms with Crippen LogP contribution in [0.1, 0.15) is 12.5 Å². The normalized spacial score (nSPS) is 11.0. The third kappa shape index (κ3) is 4.66. The number of nitrogens with zero attached hydrogens (tertiary/aromatic N) is 1. The third-order valence-corrected chi connectivity index (χ3v) is 5.33. The summed E-state index contributed by atoms with van der Waals surface area (Å²) >= 11 is 0. The lowest BCUT2D eigenvalue weighted by Gasteiger charge is -2.11. The van der Waals surface area contributed by atoms with Gasteiger partial charge in [0, 0.05) is 18.8 Å². The monoisotopic (exact) mass is 397 g/mol. The van der Waals surface area contributed by atoms with Gasteiger partial charge in [-0.1, -0.05) is 30.3 Å². The number of rotatable bonds is 6. The lowest BCUT2D eigenvalue weighted by molar-refractivity contribution is -0.114. The summed E-state index contributed by atoms with van der Waals surface area (Å²) in [6, 6.07) is 18.1. The molecule has 0 saturated heterocycles. The van der Waals surface area contributed by atoms with Crippen molar-refractivity contribution >= 4 is 27.3 Å². The topological polar surface area (TPSA) is 97.3 Å². The standard InChI is InChI=1S/C20H19N3O4S/c1-15(24)21-17-9-11-18(12-10-17)28(26,27)22-19-8-5-13-23(20(19)25)14-16-6-3-2-4-7-16/h2-13,22H,14H2,1H3,(H,21,24). The van der Waals surface area contributed by atoms with Crippen molar-refractivity contribution in [2.24, 2.45) is 0 Å². The summed E-state index contributed by atoms with van der Waals surface area (Å²) in [5, 5.41) is 2.57. The van der Waals surface area contributed by atoms with Crippen LogP contribution in [0.25, 0.3) is 0 Å². The molecule has 1 amide bonds. The first-order valence-electron chi connectivity index (χ1n) is 8.49. The molecule has 1 heterocycles. The molecule has 28 heavy (non-hydrogen) atoms. The van der Waals surface area contributed by atoms with Crippen molar-refractivity contribution in [1.82, 2.24) is 4.57 Å². The fraction of sp³-hybridized carbons (Fsp3) is 0.100. The van der Waals surface area contributed by atoms with Crippen LogP contribution in [0.15, 0.2) is 82.6 Å². The second kappa shape index (κ2) is 8.10. The largest absolute Gasteiger partial charge is 0.326 e. The lowest BCUT2D eigenvalue weighted by atomic mass is 10.2. The van der Waals surface area contributed by atoms with E-state index in [1.165, 1.54) is 41.8 Å². The van der Waals surface area contributed by atoms with E-state index in [9.17, 15) is 18.0 Å². The fourth-order valence-electron chi connectivity index (χ4n) is 2.64. The van der Waals surface area contributed by atoms with Gasteiger partial charge in [-0.2, -0.15) is 0 Å². The first-order valence-corrected chi connectivity index (χ1v) is 9.97. The number of carbonyl (C=O) groups excluding carboxylic acids is 1. The average molecular weight is 397 g/mol. The van der Waals surface area contributed by atoms with E-state index in [2.05, 4.69) is 10.0 Å². The number of benzene rings is 2. The van der Waals surface area contributed by atoms with Crippen LogP contribution < -0.4 is 15.6 Å². The highest BCUT2D eigenvalue weighted by Crippen LogP contribution is 2.17. The Balaban J connectivity index is 1.83. The van der Waals surface area contributed by atoms with Gasteiger partial charge in [0.15, 0.2) is 0 Å². The number of aromatic nitrogens is 1. The number of amides is 1. The summed E-state index contributed by atoms with van der Waals surface area (Å²) in [5.74, 6) is -0.253. The van der Waals surface area contributed by atoms with Gasteiger partial charge in [0.25, 0.3) is 15.6 Å². The Morgan fingerprint density at radius 1 is 0.964 bits per heavy atom. The molecule has 0 radical (unpaired) electrons. The molecule has 0 aliphatic heterocycles. The zero-order valence-corrected chi connectivity index (χ0v) is 15.9. The zero-order valence-electron chi connectivity index (χ0n) is 15.1. The minimum absolute atomic E-state index is 0.0144. The number of hydrogen-bond acceptors (Lipinski definition) is 4. The van der Waals surface area contributed by atoms with E-state index < -0.39 is 15.6 Å². The first kappa shape index (κ1) is 19.4. The molecule has 7 nitrogen and oxygen atoms in total. The second-order valence-electron chi connectivity index (χ2n) is 6.15. The Morgan fingerprint density at radius 3 is 2.29 bits per heavy atom. The van der Waals surface area contributed by atoms with E-state index in [-0.39, 0.29) is 16.5 Å². The Morgan fingerprint density at radius 2 is 1.64 bits per heavy atom. The summed E-state index contributed by atoms with van der Waals surface area (Å²) in [7, 11) is -3.95. The number of anilines is 2.